The van der Waals surface area contributed by atoms with Crippen molar-refractivity contribution in [3.8, 4) is 0 Å². The molecule has 0 aliphatic heterocycles. The average molecular weight is 347 g/mol. The van der Waals surface area contributed by atoms with Gasteiger partial charge in [0.15, 0.2) is 5.65 Å². The molecule has 1 unspecified atom stereocenters. The Morgan fingerprint density at radius 3 is 2.60 bits per heavy atom. The number of aromatic nitrogens is 4. The summed E-state index contributed by atoms with van der Waals surface area (Å²) in [7, 11) is 1.87. The molecule has 1 aromatic carbocycles. The standard InChI is InChI=1S/C17H16F3N5/c1-24(13-7-6-11-4-2-3-5-12(11)10-13)15-9-8-14-21-22-16(17(18,19)20)25(14)23-15/h2-5,8-9,13H,6-7,10H2,1H3. The first-order valence-electron chi connectivity index (χ1n) is 8.03. The molecule has 1 aliphatic carbocycles. The van der Waals surface area contributed by atoms with E-state index in [-0.39, 0.29) is 11.7 Å². The van der Waals surface area contributed by atoms with Gasteiger partial charge in [0.05, 0.1) is 0 Å². The van der Waals surface area contributed by atoms with Crippen LogP contribution in [0.1, 0.15) is 23.4 Å². The Morgan fingerprint density at radius 1 is 1.08 bits per heavy atom. The van der Waals surface area contributed by atoms with Crippen molar-refractivity contribution in [3.05, 3.63) is 53.3 Å². The lowest BCUT2D eigenvalue weighted by molar-refractivity contribution is -0.146. The summed E-state index contributed by atoms with van der Waals surface area (Å²) >= 11 is 0. The van der Waals surface area contributed by atoms with E-state index in [4.69, 9.17) is 0 Å². The summed E-state index contributed by atoms with van der Waals surface area (Å²) in [6.45, 7) is 0. The van der Waals surface area contributed by atoms with Crippen molar-refractivity contribution in [3.63, 3.8) is 0 Å². The number of fused-ring (bicyclic) bond motifs is 2. The fourth-order valence-corrected chi connectivity index (χ4v) is 3.34. The van der Waals surface area contributed by atoms with Gasteiger partial charge in [-0.3, -0.25) is 0 Å². The van der Waals surface area contributed by atoms with Gasteiger partial charge in [-0.15, -0.1) is 15.3 Å². The van der Waals surface area contributed by atoms with Gasteiger partial charge in [-0.2, -0.15) is 17.7 Å². The van der Waals surface area contributed by atoms with Gasteiger partial charge in [0.2, 0.25) is 0 Å². The number of benzene rings is 1. The van der Waals surface area contributed by atoms with Crippen LogP contribution in [0.15, 0.2) is 36.4 Å². The zero-order valence-electron chi connectivity index (χ0n) is 13.5. The minimum atomic E-state index is -4.59. The van der Waals surface area contributed by atoms with Crippen LogP contribution in [-0.2, 0) is 19.0 Å². The maximum Gasteiger partial charge on any atom is 0.453 e. The van der Waals surface area contributed by atoms with Crippen LogP contribution in [0.4, 0.5) is 19.0 Å². The summed E-state index contributed by atoms with van der Waals surface area (Å²) in [5.74, 6) is -0.631. The maximum absolute atomic E-state index is 13.0. The van der Waals surface area contributed by atoms with Crippen LogP contribution in [0.5, 0.6) is 0 Å². The second-order valence-electron chi connectivity index (χ2n) is 6.26. The van der Waals surface area contributed by atoms with E-state index in [0.717, 1.165) is 23.8 Å². The SMILES string of the molecule is CN(c1ccc2nnc(C(F)(F)F)n2n1)C1CCc2ccccc2C1. The molecule has 0 bridgehead atoms. The third-order valence-corrected chi connectivity index (χ3v) is 4.73. The summed E-state index contributed by atoms with van der Waals surface area (Å²) in [4.78, 5) is 1.94. The highest BCUT2D eigenvalue weighted by Crippen LogP contribution is 2.29. The molecule has 4 rings (SSSR count). The number of hydrogen-bond acceptors (Lipinski definition) is 4. The topological polar surface area (TPSA) is 46.3 Å². The van der Waals surface area contributed by atoms with Crippen LogP contribution in [-0.4, -0.2) is 32.9 Å². The fourth-order valence-electron chi connectivity index (χ4n) is 3.34. The second kappa shape index (κ2) is 5.72. The van der Waals surface area contributed by atoms with Gasteiger partial charge >= 0.3 is 6.18 Å². The molecule has 8 heteroatoms. The number of halogens is 3. The highest BCUT2D eigenvalue weighted by Gasteiger charge is 2.38. The summed E-state index contributed by atoms with van der Waals surface area (Å²) in [6, 6.07) is 11.7. The lowest BCUT2D eigenvalue weighted by atomic mass is 9.88. The molecule has 0 saturated heterocycles. The first-order chi connectivity index (χ1) is 11.9. The molecule has 0 spiro atoms. The molecule has 5 nitrogen and oxygen atoms in total. The summed E-state index contributed by atoms with van der Waals surface area (Å²) in [5.41, 5.74) is 2.71. The molecule has 25 heavy (non-hydrogen) atoms. The number of alkyl halides is 3. The molecular weight excluding hydrogens is 331 g/mol. The predicted molar refractivity (Wildman–Crippen MR) is 86.4 cm³/mol. The summed E-state index contributed by atoms with van der Waals surface area (Å²) < 4.78 is 39.8. The van der Waals surface area contributed by atoms with Gasteiger partial charge in [0, 0.05) is 13.1 Å². The maximum atomic E-state index is 13.0. The lowest BCUT2D eigenvalue weighted by Gasteiger charge is -2.33. The van der Waals surface area contributed by atoms with Crippen LogP contribution >= 0.6 is 0 Å². The van der Waals surface area contributed by atoms with Gasteiger partial charge in [-0.05, 0) is 42.5 Å². The van der Waals surface area contributed by atoms with Gasteiger partial charge in [0.25, 0.3) is 5.82 Å². The third kappa shape index (κ3) is 2.81. The van der Waals surface area contributed by atoms with Crippen molar-refractivity contribution in [2.45, 2.75) is 31.5 Å². The van der Waals surface area contributed by atoms with E-state index in [0.29, 0.717) is 5.82 Å². The van der Waals surface area contributed by atoms with Crippen LogP contribution < -0.4 is 4.90 Å². The predicted octanol–water partition coefficient (Wildman–Crippen LogP) is 3.14. The molecule has 2 heterocycles. The van der Waals surface area contributed by atoms with Crippen molar-refractivity contribution in [1.82, 2.24) is 19.8 Å². The highest BCUT2D eigenvalue weighted by molar-refractivity contribution is 5.47. The quantitative estimate of drug-likeness (QED) is 0.715. The smallest absolute Gasteiger partial charge is 0.355 e. The molecule has 1 atom stereocenters. The minimum absolute atomic E-state index is 0.0819. The molecule has 2 aromatic heterocycles. The van der Waals surface area contributed by atoms with Gasteiger partial charge in [-0.25, -0.2) is 0 Å². The molecule has 130 valence electrons. The van der Waals surface area contributed by atoms with Crippen molar-refractivity contribution < 1.29 is 13.2 Å². The number of rotatable bonds is 2. The Bertz CT molecular complexity index is 918. The van der Waals surface area contributed by atoms with E-state index in [9.17, 15) is 13.2 Å². The first-order valence-corrected chi connectivity index (χ1v) is 8.03. The lowest BCUT2D eigenvalue weighted by Crippen LogP contribution is -2.37. The molecule has 0 N–H and O–H groups in total. The van der Waals surface area contributed by atoms with E-state index < -0.39 is 12.0 Å². The molecule has 0 saturated carbocycles. The first kappa shape index (κ1) is 15.9. The Morgan fingerprint density at radius 2 is 1.84 bits per heavy atom. The zero-order valence-corrected chi connectivity index (χ0v) is 13.5. The van der Waals surface area contributed by atoms with Gasteiger partial charge in [-0.1, -0.05) is 24.3 Å². The Labute approximate surface area is 142 Å². The molecule has 1 aliphatic rings. The summed E-state index contributed by atoms with van der Waals surface area (Å²) in [5, 5.41) is 10.9. The molecule has 0 radical (unpaired) electrons. The Balaban J connectivity index is 1.65. The average Bonchev–Trinajstić information content (AvgIpc) is 3.04. The van der Waals surface area contributed by atoms with E-state index >= 15 is 0 Å². The number of aryl methyl sites for hydroxylation is 1. The molecule has 3 aromatic rings. The Kier molecular flexibility index (Phi) is 3.63. The monoisotopic (exact) mass is 347 g/mol. The van der Waals surface area contributed by atoms with Crippen molar-refractivity contribution in [2.24, 2.45) is 0 Å². The van der Waals surface area contributed by atoms with Crippen molar-refractivity contribution in [1.29, 1.82) is 0 Å². The number of hydrogen-bond donors (Lipinski definition) is 0. The molecular formula is C17H16F3N5. The number of nitrogens with zero attached hydrogens (tertiary/aromatic N) is 5. The minimum Gasteiger partial charge on any atom is -0.355 e. The van der Waals surface area contributed by atoms with E-state index in [2.05, 4.69) is 27.4 Å². The zero-order chi connectivity index (χ0) is 17.6. The fraction of sp³-hybridized carbons (Fsp3) is 0.353. The van der Waals surface area contributed by atoms with Crippen molar-refractivity contribution in [2.75, 3.05) is 11.9 Å². The van der Waals surface area contributed by atoms with E-state index in [1.807, 2.05) is 24.1 Å². The Hall–Kier alpha value is -2.64. The number of anilines is 1. The number of likely N-dealkylation sites (N-methyl/N-ethyl adjacent to an activating group) is 1. The van der Waals surface area contributed by atoms with E-state index in [1.165, 1.54) is 17.2 Å². The highest BCUT2D eigenvalue weighted by atomic mass is 19.4. The van der Waals surface area contributed by atoms with Gasteiger partial charge in [0.1, 0.15) is 5.82 Å². The molecule has 0 amide bonds. The van der Waals surface area contributed by atoms with Crippen LogP contribution in [0.2, 0.25) is 0 Å². The van der Waals surface area contributed by atoms with Crippen LogP contribution in [0.25, 0.3) is 5.65 Å². The van der Waals surface area contributed by atoms with E-state index in [1.54, 1.807) is 6.07 Å². The largest absolute Gasteiger partial charge is 0.453 e. The van der Waals surface area contributed by atoms with Crippen LogP contribution in [0, 0.1) is 0 Å². The normalized spacial score (nSPS) is 17.5. The second-order valence-corrected chi connectivity index (χ2v) is 6.26. The van der Waals surface area contributed by atoms with Gasteiger partial charge < -0.3 is 4.90 Å². The van der Waals surface area contributed by atoms with Crippen LogP contribution in [0.3, 0.4) is 0 Å². The molecule has 0 fully saturated rings. The van der Waals surface area contributed by atoms with Crippen molar-refractivity contribution >= 4 is 11.5 Å². The summed E-state index contributed by atoms with van der Waals surface area (Å²) in [6.07, 6.45) is -1.86. The third-order valence-electron chi connectivity index (χ3n) is 4.73.